The number of non-ortho nitro benzene ring substituents is 1. The van der Waals surface area contributed by atoms with Crippen LogP contribution in [0, 0.1) is 10.1 Å². The highest BCUT2D eigenvalue weighted by Gasteiger charge is 2.04. The van der Waals surface area contributed by atoms with Crippen LogP contribution < -0.4 is 10.6 Å². The zero-order valence-corrected chi connectivity index (χ0v) is 13.4. The van der Waals surface area contributed by atoms with Crippen molar-refractivity contribution in [1.29, 1.82) is 0 Å². The van der Waals surface area contributed by atoms with E-state index in [4.69, 9.17) is 0 Å². The van der Waals surface area contributed by atoms with Crippen molar-refractivity contribution in [3.05, 3.63) is 39.9 Å². The monoisotopic (exact) mass is 310 g/mol. The molecule has 0 aliphatic rings. The van der Waals surface area contributed by atoms with Crippen LogP contribution in [0.3, 0.4) is 0 Å². The fourth-order valence-corrected chi connectivity index (χ4v) is 1.90. The van der Waals surface area contributed by atoms with Gasteiger partial charge in [0.15, 0.2) is 5.96 Å². The number of nitrogens with zero attached hydrogens (tertiary/aromatic N) is 2. The third-order valence-corrected chi connectivity index (χ3v) is 3.20. The van der Waals surface area contributed by atoms with Crippen LogP contribution in [-0.4, -0.2) is 35.5 Å². The summed E-state index contributed by atoms with van der Waals surface area (Å²) in [6.07, 6.45) is 2.06. The Balaban J connectivity index is 2.64. The Kier molecular flexibility index (Phi) is 7.60. The van der Waals surface area contributed by atoms with Crippen LogP contribution in [0.25, 0.3) is 0 Å². The number of benzene rings is 1. The van der Waals surface area contributed by atoms with Gasteiger partial charge in [0.25, 0.3) is 5.69 Å². The Morgan fingerprint density at radius 1 is 1.38 bits per heavy atom. The molecular weight excluding hydrogens is 288 g/mol. The van der Waals surface area contributed by atoms with E-state index in [0.717, 1.165) is 23.8 Å². The van der Waals surface area contributed by atoms with Crippen LogP contribution in [0.1, 0.15) is 19.4 Å². The fraction of sp³-hybridized carbons (Fsp3) is 0.500. The van der Waals surface area contributed by atoms with Crippen molar-refractivity contribution in [2.24, 2.45) is 4.99 Å². The molecule has 1 aromatic rings. The van der Waals surface area contributed by atoms with Gasteiger partial charge in [0.05, 0.1) is 11.5 Å². The van der Waals surface area contributed by atoms with Crippen molar-refractivity contribution in [1.82, 2.24) is 10.6 Å². The Morgan fingerprint density at radius 2 is 2.05 bits per heavy atom. The highest BCUT2D eigenvalue weighted by molar-refractivity contribution is 7.98. The summed E-state index contributed by atoms with van der Waals surface area (Å²) in [6.45, 7) is 5.44. The third-order valence-electron chi connectivity index (χ3n) is 2.59. The van der Waals surface area contributed by atoms with Crippen molar-refractivity contribution in [2.75, 3.05) is 18.6 Å². The van der Waals surface area contributed by atoms with Gasteiger partial charge in [0.1, 0.15) is 0 Å². The summed E-state index contributed by atoms with van der Waals surface area (Å²) in [5.41, 5.74) is 1.04. The van der Waals surface area contributed by atoms with Gasteiger partial charge in [-0.1, -0.05) is 12.1 Å². The molecule has 0 unspecified atom stereocenters. The molecule has 0 saturated heterocycles. The van der Waals surface area contributed by atoms with Gasteiger partial charge in [-0.05, 0) is 25.7 Å². The SMILES string of the molecule is CSCCNC(=NCc1ccc([N+](=O)[O-])cc1)NC(C)C. The first-order chi connectivity index (χ1) is 10.0. The maximum atomic E-state index is 10.6. The average molecular weight is 310 g/mol. The molecule has 0 aliphatic heterocycles. The standard InChI is InChI=1S/C14H22N4O2S/c1-11(2)17-14(15-8-9-21-3)16-10-12-4-6-13(7-5-12)18(19)20/h4-7,11H,8-10H2,1-3H3,(H2,15,16,17). The number of nitrogens with one attached hydrogen (secondary N) is 2. The molecule has 1 rings (SSSR count). The van der Waals surface area contributed by atoms with Crippen LogP contribution in [-0.2, 0) is 6.54 Å². The Labute approximate surface area is 129 Å². The quantitative estimate of drug-likeness (QED) is 0.266. The Morgan fingerprint density at radius 3 is 2.57 bits per heavy atom. The van der Waals surface area contributed by atoms with Crippen LogP contribution in [0.2, 0.25) is 0 Å². The molecule has 0 amide bonds. The van der Waals surface area contributed by atoms with Crippen molar-refractivity contribution < 1.29 is 4.92 Å². The number of aliphatic imine (C=N–C) groups is 1. The summed E-state index contributed by atoms with van der Waals surface area (Å²) in [5, 5.41) is 17.1. The Hall–Kier alpha value is -1.76. The summed E-state index contributed by atoms with van der Waals surface area (Å²) in [4.78, 5) is 14.7. The molecule has 7 heteroatoms. The first kappa shape index (κ1) is 17.3. The molecule has 2 N–H and O–H groups in total. The van der Waals surface area contributed by atoms with Crippen molar-refractivity contribution in [2.45, 2.75) is 26.4 Å². The maximum absolute atomic E-state index is 10.6. The molecule has 0 aromatic heterocycles. The van der Waals surface area contributed by atoms with Crippen molar-refractivity contribution >= 4 is 23.4 Å². The molecule has 0 saturated carbocycles. The van der Waals surface area contributed by atoms with Crippen LogP contribution >= 0.6 is 11.8 Å². The van der Waals surface area contributed by atoms with Crippen LogP contribution in [0.5, 0.6) is 0 Å². The normalized spacial score (nSPS) is 11.5. The van der Waals surface area contributed by atoms with Gasteiger partial charge in [0, 0.05) is 30.5 Å². The van der Waals surface area contributed by atoms with Gasteiger partial charge in [-0.3, -0.25) is 10.1 Å². The van der Waals surface area contributed by atoms with E-state index in [2.05, 4.69) is 35.7 Å². The lowest BCUT2D eigenvalue weighted by Crippen LogP contribution is -2.42. The minimum atomic E-state index is -0.400. The summed E-state index contributed by atoms with van der Waals surface area (Å²) >= 11 is 1.77. The lowest BCUT2D eigenvalue weighted by molar-refractivity contribution is -0.384. The lowest BCUT2D eigenvalue weighted by atomic mass is 10.2. The number of nitro benzene ring substituents is 1. The highest BCUT2D eigenvalue weighted by atomic mass is 32.2. The van der Waals surface area contributed by atoms with Gasteiger partial charge in [-0.15, -0.1) is 0 Å². The summed E-state index contributed by atoms with van der Waals surface area (Å²) in [6, 6.07) is 6.76. The largest absolute Gasteiger partial charge is 0.356 e. The molecule has 0 bridgehead atoms. The second-order valence-corrected chi connectivity index (χ2v) is 5.79. The summed E-state index contributed by atoms with van der Waals surface area (Å²) < 4.78 is 0. The predicted octanol–water partition coefficient (Wildman–Crippen LogP) is 2.40. The topological polar surface area (TPSA) is 79.6 Å². The molecule has 0 heterocycles. The zero-order valence-electron chi connectivity index (χ0n) is 12.6. The molecule has 21 heavy (non-hydrogen) atoms. The number of rotatable bonds is 7. The Bertz CT molecular complexity index is 474. The number of nitro groups is 1. The average Bonchev–Trinajstić information content (AvgIpc) is 2.44. The number of hydrogen-bond acceptors (Lipinski definition) is 4. The molecular formula is C14H22N4O2S. The molecule has 6 nitrogen and oxygen atoms in total. The van der Waals surface area contributed by atoms with Gasteiger partial charge in [-0.2, -0.15) is 11.8 Å². The van der Waals surface area contributed by atoms with E-state index in [1.165, 1.54) is 12.1 Å². The number of thioether (sulfide) groups is 1. The second-order valence-electron chi connectivity index (χ2n) is 4.81. The second kappa shape index (κ2) is 9.23. The maximum Gasteiger partial charge on any atom is 0.269 e. The predicted molar refractivity (Wildman–Crippen MR) is 88.9 cm³/mol. The van der Waals surface area contributed by atoms with Gasteiger partial charge in [-0.25, -0.2) is 4.99 Å². The third kappa shape index (κ3) is 6.99. The van der Waals surface area contributed by atoms with E-state index in [0.29, 0.717) is 12.6 Å². The molecule has 116 valence electrons. The number of hydrogen-bond donors (Lipinski definition) is 2. The van der Waals surface area contributed by atoms with E-state index < -0.39 is 4.92 Å². The van der Waals surface area contributed by atoms with E-state index in [9.17, 15) is 10.1 Å². The van der Waals surface area contributed by atoms with E-state index >= 15 is 0 Å². The molecule has 0 aliphatic carbocycles. The molecule has 1 aromatic carbocycles. The van der Waals surface area contributed by atoms with E-state index in [1.807, 2.05) is 0 Å². The lowest BCUT2D eigenvalue weighted by Gasteiger charge is -2.14. The van der Waals surface area contributed by atoms with E-state index in [1.54, 1.807) is 23.9 Å². The molecule has 0 atom stereocenters. The minimum Gasteiger partial charge on any atom is -0.356 e. The smallest absolute Gasteiger partial charge is 0.269 e. The van der Waals surface area contributed by atoms with Crippen LogP contribution in [0.15, 0.2) is 29.3 Å². The molecule has 0 fully saturated rings. The number of guanidine groups is 1. The first-order valence-electron chi connectivity index (χ1n) is 6.80. The van der Waals surface area contributed by atoms with Gasteiger partial charge in [0.2, 0.25) is 0 Å². The minimum absolute atomic E-state index is 0.0985. The highest BCUT2D eigenvalue weighted by Crippen LogP contribution is 2.12. The van der Waals surface area contributed by atoms with Gasteiger partial charge >= 0.3 is 0 Å². The fourth-order valence-electron chi connectivity index (χ4n) is 1.59. The van der Waals surface area contributed by atoms with Crippen molar-refractivity contribution in [3.63, 3.8) is 0 Å². The first-order valence-corrected chi connectivity index (χ1v) is 8.19. The summed E-state index contributed by atoms with van der Waals surface area (Å²) in [5.74, 6) is 1.77. The molecule has 0 spiro atoms. The van der Waals surface area contributed by atoms with E-state index in [-0.39, 0.29) is 5.69 Å². The van der Waals surface area contributed by atoms with Crippen molar-refractivity contribution in [3.8, 4) is 0 Å². The van der Waals surface area contributed by atoms with Gasteiger partial charge < -0.3 is 10.6 Å². The summed E-state index contributed by atoms with van der Waals surface area (Å²) in [7, 11) is 0. The van der Waals surface area contributed by atoms with Crippen LogP contribution in [0.4, 0.5) is 5.69 Å². The zero-order chi connectivity index (χ0) is 15.7. The molecule has 0 radical (unpaired) electrons.